The average molecular weight is 279 g/mol. The van der Waals surface area contributed by atoms with Crippen LogP contribution in [0.4, 0.5) is 0 Å². The maximum absolute atomic E-state index is 10.2. The Morgan fingerprint density at radius 2 is 1.78 bits per heavy atom. The topological polar surface area (TPSA) is 127 Å². The van der Waals surface area contributed by atoms with Crippen LogP contribution < -0.4 is 15.9 Å². The molecule has 0 aliphatic rings. The number of benzene rings is 1. The van der Waals surface area contributed by atoms with Crippen molar-refractivity contribution in [3.63, 3.8) is 0 Å². The summed E-state index contributed by atoms with van der Waals surface area (Å²) in [4.78, 5) is 19.7. The van der Waals surface area contributed by atoms with E-state index in [9.17, 15) is 19.8 Å². The van der Waals surface area contributed by atoms with Crippen molar-refractivity contribution in [2.45, 2.75) is 12.8 Å². The molecule has 0 saturated carbocycles. The van der Waals surface area contributed by atoms with E-state index in [1.54, 1.807) is 6.07 Å². The van der Waals surface area contributed by atoms with Crippen LogP contribution in [0.15, 0.2) is 24.3 Å². The predicted molar refractivity (Wildman–Crippen MR) is 61.5 cm³/mol. The van der Waals surface area contributed by atoms with Gasteiger partial charge in [0.05, 0.1) is 5.97 Å². The molecular formula is C11H13CaNO5. The minimum absolute atomic E-state index is 0. The van der Waals surface area contributed by atoms with Crippen LogP contribution in [0.3, 0.4) is 0 Å². The minimum atomic E-state index is -1.36. The zero-order valence-electron chi connectivity index (χ0n) is 9.80. The van der Waals surface area contributed by atoms with Crippen LogP contribution in [0, 0.1) is 0 Å². The van der Waals surface area contributed by atoms with Crippen molar-refractivity contribution in [2.24, 2.45) is 5.73 Å². The summed E-state index contributed by atoms with van der Waals surface area (Å²) in [6.07, 6.45) is 0.596. The fourth-order valence-electron chi connectivity index (χ4n) is 0.893. The van der Waals surface area contributed by atoms with Gasteiger partial charge in [-0.2, -0.15) is 0 Å². The number of rotatable bonds is 4. The fraction of sp³-hybridized carbons (Fsp3) is 0.273. The molecule has 1 rings (SSSR count). The van der Waals surface area contributed by atoms with E-state index >= 15 is 0 Å². The predicted octanol–water partition coefficient (Wildman–Crippen LogP) is -2.15. The second-order valence-electron chi connectivity index (χ2n) is 3.07. The molecule has 7 heteroatoms. The summed E-state index contributed by atoms with van der Waals surface area (Å²) in [7, 11) is 0. The number of carbonyl (C=O) groups is 2. The standard InChI is InChI=1S/C7H6O3.C4H9NO2.Ca/c8-6-4-2-1-3-5(6)7(9)10;5-3-1-2-4(6)7;/h1-4,8H,(H,9,10);1-3,5H2,(H,6,7);/q;;+2/p-2. The summed E-state index contributed by atoms with van der Waals surface area (Å²) in [5.41, 5.74) is 4.81. The van der Waals surface area contributed by atoms with Crippen LogP contribution in [0.5, 0.6) is 5.75 Å². The number of hydrogen-bond acceptors (Lipinski definition) is 6. The zero-order chi connectivity index (χ0) is 13.3. The molecule has 94 valence electrons. The summed E-state index contributed by atoms with van der Waals surface area (Å²) in [5, 5.41) is 28.6. The number of aromatic hydroxyl groups is 1. The molecular weight excluding hydrogens is 266 g/mol. The van der Waals surface area contributed by atoms with Crippen LogP contribution in [0.25, 0.3) is 0 Å². The van der Waals surface area contributed by atoms with Crippen molar-refractivity contribution >= 4 is 49.7 Å². The van der Waals surface area contributed by atoms with Crippen molar-refractivity contribution < 1.29 is 24.9 Å². The van der Waals surface area contributed by atoms with Crippen molar-refractivity contribution in [1.29, 1.82) is 0 Å². The summed E-state index contributed by atoms with van der Waals surface area (Å²) in [6.45, 7) is 0.425. The Kier molecular flexibility index (Phi) is 12.2. The first-order chi connectivity index (χ1) is 7.99. The van der Waals surface area contributed by atoms with E-state index in [0.29, 0.717) is 13.0 Å². The van der Waals surface area contributed by atoms with Gasteiger partial charge in [-0.25, -0.2) is 0 Å². The van der Waals surface area contributed by atoms with E-state index in [-0.39, 0.29) is 55.5 Å². The van der Waals surface area contributed by atoms with Gasteiger partial charge in [-0.15, -0.1) is 0 Å². The number of nitrogens with two attached hydrogens (primary N) is 1. The van der Waals surface area contributed by atoms with Gasteiger partial charge < -0.3 is 30.6 Å². The number of aromatic carboxylic acids is 1. The SMILES string of the molecule is NCCCC(=O)[O-].O=C([O-])c1ccccc1O.[Ca+2]. The van der Waals surface area contributed by atoms with Crippen LogP contribution in [0.1, 0.15) is 23.2 Å². The number of carboxylic acids is 2. The third kappa shape index (κ3) is 9.23. The summed E-state index contributed by atoms with van der Waals surface area (Å²) >= 11 is 0. The summed E-state index contributed by atoms with van der Waals surface area (Å²) in [6, 6.07) is 5.64. The van der Waals surface area contributed by atoms with Gasteiger partial charge >= 0.3 is 37.7 Å². The quantitative estimate of drug-likeness (QED) is 0.605. The first kappa shape index (κ1) is 19.5. The monoisotopic (exact) mass is 279 g/mol. The largest absolute Gasteiger partial charge is 2.00 e. The first-order valence-electron chi connectivity index (χ1n) is 4.88. The fourth-order valence-corrected chi connectivity index (χ4v) is 0.893. The van der Waals surface area contributed by atoms with Crippen LogP contribution >= 0.6 is 0 Å². The molecule has 0 radical (unpaired) electrons. The van der Waals surface area contributed by atoms with E-state index in [1.807, 2.05) is 0 Å². The van der Waals surface area contributed by atoms with Gasteiger partial charge in [0.15, 0.2) is 0 Å². The summed E-state index contributed by atoms with van der Waals surface area (Å²) < 4.78 is 0. The molecule has 0 unspecified atom stereocenters. The molecule has 0 spiro atoms. The summed E-state index contributed by atoms with van der Waals surface area (Å²) in [5.74, 6) is -2.65. The van der Waals surface area contributed by atoms with Gasteiger partial charge in [-0.3, -0.25) is 0 Å². The normalized spacial score (nSPS) is 8.50. The molecule has 0 fully saturated rings. The van der Waals surface area contributed by atoms with Crippen molar-refractivity contribution in [3.05, 3.63) is 29.8 Å². The van der Waals surface area contributed by atoms with E-state index in [2.05, 4.69) is 0 Å². The molecule has 3 N–H and O–H groups in total. The Morgan fingerprint density at radius 3 is 2.06 bits per heavy atom. The van der Waals surface area contributed by atoms with Gasteiger partial charge in [0.1, 0.15) is 5.75 Å². The molecule has 0 aliphatic carbocycles. The number of hydrogen-bond donors (Lipinski definition) is 2. The Bertz CT molecular complexity index is 383. The number of phenols is 1. The maximum Gasteiger partial charge on any atom is 2.00 e. The van der Waals surface area contributed by atoms with E-state index in [0.717, 1.165) is 0 Å². The van der Waals surface area contributed by atoms with Gasteiger partial charge in [-0.1, -0.05) is 12.1 Å². The van der Waals surface area contributed by atoms with E-state index in [1.165, 1.54) is 18.2 Å². The molecule has 0 saturated heterocycles. The van der Waals surface area contributed by atoms with Crippen molar-refractivity contribution in [3.8, 4) is 5.75 Å². The number of carboxylic acid groups (broad SMARTS) is 2. The van der Waals surface area contributed by atoms with Crippen LogP contribution in [-0.2, 0) is 4.79 Å². The Hall–Kier alpha value is -0.820. The van der Waals surface area contributed by atoms with Crippen molar-refractivity contribution in [2.75, 3.05) is 6.54 Å². The van der Waals surface area contributed by atoms with Gasteiger partial charge in [-0.05, 0) is 31.5 Å². The molecule has 6 nitrogen and oxygen atoms in total. The molecule has 0 amide bonds. The van der Waals surface area contributed by atoms with Crippen LogP contribution in [0.2, 0.25) is 0 Å². The smallest absolute Gasteiger partial charge is 0.550 e. The minimum Gasteiger partial charge on any atom is -0.550 e. The van der Waals surface area contributed by atoms with Gasteiger partial charge in [0.25, 0.3) is 0 Å². The molecule has 1 aromatic rings. The van der Waals surface area contributed by atoms with E-state index < -0.39 is 11.9 Å². The third-order valence-electron chi connectivity index (χ3n) is 1.71. The van der Waals surface area contributed by atoms with Gasteiger partial charge in [0, 0.05) is 11.5 Å². The molecule has 0 aromatic heterocycles. The molecule has 0 heterocycles. The number of aliphatic carboxylic acids is 1. The second kappa shape index (κ2) is 11.3. The van der Waals surface area contributed by atoms with Crippen LogP contribution in [-0.4, -0.2) is 61.3 Å². The zero-order valence-corrected chi connectivity index (χ0v) is 12.0. The van der Waals surface area contributed by atoms with Crippen molar-refractivity contribution in [1.82, 2.24) is 0 Å². The first-order valence-corrected chi connectivity index (χ1v) is 4.88. The Balaban J connectivity index is 0. The van der Waals surface area contributed by atoms with Gasteiger partial charge in [0.2, 0.25) is 0 Å². The molecule has 0 aliphatic heterocycles. The molecule has 18 heavy (non-hydrogen) atoms. The van der Waals surface area contributed by atoms with E-state index in [4.69, 9.17) is 10.8 Å². The number of carbonyl (C=O) groups excluding carboxylic acids is 2. The molecule has 1 aromatic carbocycles. The second-order valence-corrected chi connectivity index (χ2v) is 3.07. The molecule has 0 bridgehead atoms. The Labute approximate surface area is 134 Å². The average Bonchev–Trinajstić information content (AvgIpc) is 2.27. The third-order valence-corrected chi connectivity index (χ3v) is 1.71. The molecule has 0 atom stereocenters. The Morgan fingerprint density at radius 1 is 1.22 bits per heavy atom. The number of para-hydroxylation sites is 1. The maximum atomic E-state index is 10.2.